The van der Waals surface area contributed by atoms with Crippen molar-refractivity contribution in [3.8, 4) is 0 Å². The van der Waals surface area contributed by atoms with Crippen molar-refractivity contribution in [2.45, 2.75) is 27.3 Å². The molecular formula is C18H27FIN5O2S2. The average molecular weight is 555 g/mol. The number of aliphatic imine (C=N–C) groups is 1. The zero-order chi connectivity index (χ0) is 20.7. The van der Waals surface area contributed by atoms with Gasteiger partial charge >= 0.3 is 0 Å². The molecule has 1 aromatic heterocycles. The molecule has 0 bridgehead atoms. The van der Waals surface area contributed by atoms with Crippen molar-refractivity contribution in [3.63, 3.8) is 0 Å². The summed E-state index contributed by atoms with van der Waals surface area (Å²) in [5, 5.41) is 6.13. The number of nitrogens with zero attached hydrogens (tertiary/aromatic N) is 3. The third-order valence-corrected chi connectivity index (χ3v) is 5.92. The summed E-state index contributed by atoms with van der Waals surface area (Å²) in [5.74, 6) is -0.0580. The Bertz CT molecular complexity index is 934. The third kappa shape index (κ3) is 8.42. The lowest BCUT2D eigenvalue weighted by atomic mass is 10.2. The molecule has 7 nitrogen and oxygen atoms in total. The molecule has 0 spiro atoms. The quantitative estimate of drug-likeness (QED) is 0.297. The second-order valence-corrected chi connectivity index (χ2v) is 9.24. The van der Waals surface area contributed by atoms with Crippen molar-refractivity contribution in [1.82, 2.24) is 15.2 Å². The van der Waals surface area contributed by atoms with E-state index in [2.05, 4.69) is 20.0 Å². The Morgan fingerprint density at radius 3 is 2.66 bits per heavy atom. The molecular weight excluding hydrogens is 528 g/mol. The van der Waals surface area contributed by atoms with E-state index in [1.807, 2.05) is 31.2 Å². The molecule has 162 valence electrons. The molecule has 0 fully saturated rings. The van der Waals surface area contributed by atoms with Gasteiger partial charge < -0.3 is 10.2 Å². The Morgan fingerprint density at radius 1 is 1.34 bits per heavy atom. The maximum atomic E-state index is 13.6. The molecule has 1 heterocycles. The molecule has 0 atom stereocenters. The van der Waals surface area contributed by atoms with Crippen LogP contribution in [-0.2, 0) is 16.6 Å². The van der Waals surface area contributed by atoms with Crippen molar-refractivity contribution >= 4 is 57.0 Å². The predicted molar refractivity (Wildman–Crippen MR) is 128 cm³/mol. The standard InChI is InChI=1S/C18H26FN5O2S2.HI/c1-5-20-18(24(4)11-16-12-27-14(3)22-16)21-8-9-28(25,26)23-15-7-6-13(2)17(19)10-15;/h6-7,10,12,23H,5,8-9,11H2,1-4H3,(H,20,21);1H. The van der Waals surface area contributed by atoms with E-state index in [0.29, 0.717) is 24.6 Å². The fraction of sp³-hybridized carbons (Fsp3) is 0.444. The Morgan fingerprint density at radius 2 is 2.07 bits per heavy atom. The third-order valence-electron chi connectivity index (χ3n) is 3.83. The highest BCUT2D eigenvalue weighted by Crippen LogP contribution is 2.15. The molecule has 1 aromatic carbocycles. The van der Waals surface area contributed by atoms with Gasteiger partial charge in [0.25, 0.3) is 0 Å². The topological polar surface area (TPSA) is 86.7 Å². The van der Waals surface area contributed by atoms with Crippen LogP contribution in [0.1, 0.15) is 23.2 Å². The lowest BCUT2D eigenvalue weighted by molar-refractivity contribution is 0.471. The van der Waals surface area contributed by atoms with Crippen molar-refractivity contribution in [2.75, 3.05) is 30.6 Å². The van der Waals surface area contributed by atoms with Crippen LogP contribution in [0.3, 0.4) is 0 Å². The molecule has 0 unspecified atom stereocenters. The van der Waals surface area contributed by atoms with Gasteiger partial charge in [-0.25, -0.2) is 17.8 Å². The highest BCUT2D eigenvalue weighted by molar-refractivity contribution is 14.0. The number of sulfonamides is 1. The Hall–Kier alpha value is -1.47. The summed E-state index contributed by atoms with van der Waals surface area (Å²) >= 11 is 1.58. The number of rotatable bonds is 8. The number of thiazole rings is 1. The second-order valence-electron chi connectivity index (χ2n) is 6.33. The van der Waals surface area contributed by atoms with Crippen LogP contribution in [0.25, 0.3) is 0 Å². The molecule has 2 aromatic rings. The van der Waals surface area contributed by atoms with Gasteiger partial charge in [-0.1, -0.05) is 6.07 Å². The molecule has 2 N–H and O–H groups in total. The normalized spacial score (nSPS) is 11.7. The van der Waals surface area contributed by atoms with Gasteiger partial charge in [0, 0.05) is 19.0 Å². The molecule has 11 heteroatoms. The minimum Gasteiger partial charge on any atom is -0.357 e. The predicted octanol–water partition coefficient (Wildman–Crippen LogP) is 3.36. The molecule has 29 heavy (non-hydrogen) atoms. The first-order valence-electron chi connectivity index (χ1n) is 8.87. The Balaban J connectivity index is 0.00000420. The maximum absolute atomic E-state index is 13.6. The number of nitrogens with one attached hydrogen (secondary N) is 2. The van der Waals surface area contributed by atoms with E-state index in [4.69, 9.17) is 0 Å². The van der Waals surface area contributed by atoms with Crippen LogP contribution >= 0.6 is 35.3 Å². The first-order chi connectivity index (χ1) is 13.2. The van der Waals surface area contributed by atoms with E-state index in [9.17, 15) is 12.8 Å². The van der Waals surface area contributed by atoms with Crippen molar-refractivity contribution < 1.29 is 12.8 Å². The highest BCUT2D eigenvalue weighted by atomic mass is 127. The van der Waals surface area contributed by atoms with Crippen molar-refractivity contribution in [2.24, 2.45) is 4.99 Å². The number of benzene rings is 1. The van der Waals surface area contributed by atoms with E-state index in [0.717, 1.165) is 10.7 Å². The van der Waals surface area contributed by atoms with Crippen LogP contribution in [0.5, 0.6) is 0 Å². The van der Waals surface area contributed by atoms with Crippen LogP contribution < -0.4 is 10.0 Å². The number of hydrogen-bond donors (Lipinski definition) is 2. The van der Waals surface area contributed by atoms with E-state index in [-0.39, 0.29) is 42.0 Å². The number of halogens is 2. The number of guanidine groups is 1. The zero-order valence-corrected chi connectivity index (χ0v) is 20.9. The van der Waals surface area contributed by atoms with Gasteiger partial charge in [0.1, 0.15) is 5.82 Å². The van der Waals surface area contributed by atoms with Gasteiger partial charge in [-0.3, -0.25) is 9.71 Å². The Kier molecular flexibility index (Phi) is 10.3. The fourth-order valence-electron chi connectivity index (χ4n) is 2.43. The van der Waals surface area contributed by atoms with Crippen LogP contribution in [-0.4, -0.2) is 50.2 Å². The highest BCUT2D eigenvalue weighted by Gasteiger charge is 2.13. The van der Waals surface area contributed by atoms with Crippen LogP contribution in [0.4, 0.5) is 10.1 Å². The molecule has 0 aliphatic carbocycles. The number of aromatic nitrogens is 1. The minimum absolute atomic E-state index is 0. The molecule has 2 rings (SSSR count). The van der Waals surface area contributed by atoms with Gasteiger partial charge in [0.05, 0.1) is 35.2 Å². The summed E-state index contributed by atoms with van der Waals surface area (Å²) in [6.07, 6.45) is 0. The SMILES string of the molecule is CCNC(=NCCS(=O)(=O)Nc1ccc(C)c(F)c1)N(C)Cc1csc(C)n1.I. The van der Waals surface area contributed by atoms with Gasteiger partial charge in [-0.2, -0.15) is 0 Å². The van der Waals surface area contributed by atoms with Gasteiger partial charge in [0.15, 0.2) is 5.96 Å². The summed E-state index contributed by atoms with van der Waals surface area (Å²) in [6, 6.07) is 4.24. The summed E-state index contributed by atoms with van der Waals surface area (Å²) in [4.78, 5) is 10.7. The number of anilines is 1. The van der Waals surface area contributed by atoms with Crippen LogP contribution in [0.2, 0.25) is 0 Å². The Labute approximate surface area is 192 Å². The first-order valence-corrected chi connectivity index (χ1v) is 11.4. The van der Waals surface area contributed by atoms with Crippen LogP contribution in [0.15, 0.2) is 28.6 Å². The van der Waals surface area contributed by atoms with E-state index in [1.165, 1.54) is 18.2 Å². The van der Waals surface area contributed by atoms with Gasteiger partial charge in [0.2, 0.25) is 10.0 Å². The average Bonchev–Trinajstić information content (AvgIpc) is 3.01. The molecule has 0 saturated heterocycles. The van der Waals surface area contributed by atoms with Crippen LogP contribution in [0, 0.1) is 19.7 Å². The molecule has 0 radical (unpaired) electrons. The number of hydrogen-bond acceptors (Lipinski definition) is 5. The summed E-state index contributed by atoms with van der Waals surface area (Å²) in [5.41, 5.74) is 1.60. The summed E-state index contributed by atoms with van der Waals surface area (Å²) in [6.45, 7) is 6.82. The van der Waals surface area contributed by atoms with Crippen molar-refractivity contribution in [1.29, 1.82) is 0 Å². The smallest absolute Gasteiger partial charge is 0.234 e. The maximum Gasteiger partial charge on any atom is 0.234 e. The minimum atomic E-state index is -3.64. The lowest BCUT2D eigenvalue weighted by Gasteiger charge is -2.21. The number of aryl methyl sites for hydroxylation is 2. The first kappa shape index (κ1) is 25.6. The molecule has 0 aliphatic rings. The lowest BCUT2D eigenvalue weighted by Crippen LogP contribution is -2.39. The van der Waals surface area contributed by atoms with Gasteiger partial charge in [-0.15, -0.1) is 35.3 Å². The van der Waals surface area contributed by atoms with E-state index in [1.54, 1.807) is 18.3 Å². The van der Waals surface area contributed by atoms with Gasteiger partial charge in [-0.05, 0) is 38.5 Å². The monoisotopic (exact) mass is 555 g/mol. The summed E-state index contributed by atoms with van der Waals surface area (Å²) < 4.78 is 40.5. The van der Waals surface area contributed by atoms with Crippen molar-refractivity contribution in [3.05, 3.63) is 45.7 Å². The van der Waals surface area contributed by atoms with E-state index < -0.39 is 15.8 Å². The van der Waals surface area contributed by atoms with E-state index >= 15 is 0 Å². The molecule has 0 saturated carbocycles. The molecule has 0 amide bonds. The molecule has 0 aliphatic heterocycles. The summed E-state index contributed by atoms with van der Waals surface area (Å²) in [7, 11) is -1.76. The zero-order valence-electron chi connectivity index (χ0n) is 16.9. The largest absolute Gasteiger partial charge is 0.357 e. The fourth-order valence-corrected chi connectivity index (χ4v) is 3.95. The second kappa shape index (κ2) is 11.6.